The number of anilines is 2. The fraction of sp³-hybridized carbons (Fsp3) is 0.455. The number of benzene rings is 1. The number of aromatic nitrogens is 2. The van der Waals surface area contributed by atoms with E-state index in [1.54, 1.807) is 29.2 Å². The van der Waals surface area contributed by atoms with Crippen molar-refractivity contribution in [1.82, 2.24) is 14.9 Å². The highest BCUT2D eigenvalue weighted by Gasteiger charge is 2.58. The van der Waals surface area contributed by atoms with E-state index in [0.29, 0.717) is 53.7 Å². The van der Waals surface area contributed by atoms with Crippen LogP contribution in [0.25, 0.3) is 4.85 Å². The average Bonchev–Trinajstić information content (AvgIpc) is 3.47. The predicted molar refractivity (Wildman–Crippen MR) is 117 cm³/mol. The van der Waals surface area contributed by atoms with Crippen molar-refractivity contribution in [2.75, 3.05) is 25.0 Å². The molecule has 1 amide bonds. The zero-order valence-corrected chi connectivity index (χ0v) is 18.2. The molecule has 2 atom stereocenters. The molecule has 8 nitrogen and oxygen atoms in total. The second-order valence-electron chi connectivity index (χ2n) is 8.32. The van der Waals surface area contributed by atoms with Crippen LogP contribution < -0.4 is 10.1 Å². The number of piperidine rings is 1. The summed E-state index contributed by atoms with van der Waals surface area (Å²) in [5.41, 5.74) is 1.23. The highest BCUT2D eigenvalue weighted by atomic mass is 35.5. The summed E-state index contributed by atoms with van der Waals surface area (Å²) >= 11 is 6.23. The third-order valence-electron chi connectivity index (χ3n) is 5.77. The van der Waals surface area contributed by atoms with Gasteiger partial charge in [-0.3, -0.25) is 0 Å². The summed E-state index contributed by atoms with van der Waals surface area (Å²) in [4.78, 5) is 25.7. The van der Waals surface area contributed by atoms with Crippen LogP contribution in [0.15, 0.2) is 30.6 Å². The molecule has 2 fully saturated rings. The lowest BCUT2D eigenvalue weighted by atomic mass is 9.96. The Labute approximate surface area is 186 Å². The number of halogens is 1. The summed E-state index contributed by atoms with van der Waals surface area (Å²) in [7, 11) is 0. The molecule has 2 unspecified atom stereocenters. The van der Waals surface area contributed by atoms with Gasteiger partial charge in [-0.05, 0) is 44.7 Å². The monoisotopic (exact) mass is 441 g/mol. The van der Waals surface area contributed by atoms with E-state index < -0.39 is 0 Å². The molecule has 0 radical (unpaired) electrons. The van der Waals surface area contributed by atoms with E-state index in [-0.39, 0.29) is 17.6 Å². The summed E-state index contributed by atoms with van der Waals surface area (Å²) in [6, 6.07) is 6.76. The lowest BCUT2D eigenvalue weighted by Gasteiger charge is -2.31. The Morgan fingerprint density at radius 1 is 1.42 bits per heavy atom. The van der Waals surface area contributed by atoms with Crippen molar-refractivity contribution in [3.05, 3.63) is 47.0 Å². The van der Waals surface area contributed by atoms with Crippen molar-refractivity contribution in [2.45, 2.75) is 32.8 Å². The second-order valence-corrected chi connectivity index (χ2v) is 8.73. The zero-order valence-electron chi connectivity index (χ0n) is 17.5. The second kappa shape index (κ2) is 8.60. The van der Waals surface area contributed by atoms with Crippen LogP contribution >= 0.6 is 11.6 Å². The fourth-order valence-electron chi connectivity index (χ4n) is 3.92. The first-order chi connectivity index (χ1) is 14.9. The smallest absolute Gasteiger partial charge is 0.410 e. The number of nitrogens with one attached hydrogen (secondary N) is 1. The van der Waals surface area contributed by atoms with E-state index in [1.807, 2.05) is 13.8 Å². The number of hydrogen-bond donors (Lipinski definition) is 1. The first-order valence-electron chi connectivity index (χ1n) is 10.2. The number of ether oxygens (including phenoxy) is 2. The Morgan fingerprint density at radius 2 is 2.26 bits per heavy atom. The molecule has 31 heavy (non-hydrogen) atoms. The topological polar surface area (TPSA) is 80.9 Å². The van der Waals surface area contributed by atoms with Gasteiger partial charge in [0, 0.05) is 24.6 Å². The lowest BCUT2D eigenvalue weighted by molar-refractivity contribution is 0.0587. The highest BCUT2D eigenvalue weighted by molar-refractivity contribution is 6.33. The molecule has 0 spiro atoms. The molecular weight excluding hydrogens is 418 g/mol. The van der Waals surface area contributed by atoms with E-state index in [9.17, 15) is 4.79 Å². The maximum atomic E-state index is 12.1. The quantitative estimate of drug-likeness (QED) is 0.631. The van der Waals surface area contributed by atoms with Gasteiger partial charge in [0.25, 0.3) is 0 Å². The van der Waals surface area contributed by atoms with Crippen LogP contribution in [0.5, 0.6) is 5.88 Å². The largest absolute Gasteiger partial charge is 0.477 e. The van der Waals surface area contributed by atoms with Crippen LogP contribution in [0, 0.1) is 17.9 Å². The Morgan fingerprint density at radius 3 is 2.97 bits per heavy atom. The van der Waals surface area contributed by atoms with E-state index >= 15 is 0 Å². The number of likely N-dealkylation sites (tertiary alicyclic amines) is 1. The van der Waals surface area contributed by atoms with Gasteiger partial charge in [0.05, 0.1) is 30.0 Å². The molecule has 162 valence electrons. The number of fused-ring (bicyclic) bond motifs is 1. The van der Waals surface area contributed by atoms with Crippen LogP contribution in [-0.2, 0) is 4.74 Å². The third-order valence-corrected chi connectivity index (χ3v) is 6.08. The Bertz CT molecular complexity index is 1020. The molecule has 1 N–H and O–H groups in total. The molecule has 1 saturated heterocycles. The Kier molecular flexibility index (Phi) is 5.88. The SMILES string of the molecule is [C-]#[N+]c1ccc(Nc2cc(OCC34CCN(C(=O)OC(C)C)CC3C4)ncn2)c(Cl)c1. The molecule has 1 aliphatic heterocycles. The van der Waals surface area contributed by atoms with Crippen molar-refractivity contribution < 1.29 is 14.3 Å². The number of rotatable bonds is 6. The van der Waals surface area contributed by atoms with Gasteiger partial charge in [0.1, 0.15) is 12.1 Å². The predicted octanol–water partition coefficient (Wildman–Crippen LogP) is 5.06. The van der Waals surface area contributed by atoms with E-state index in [4.69, 9.17) is 27.6 Å². The molecule has 0 bridgehead atoms. The lowest BCUT2D eigenvalue weighted by Crippen LogP contribution is -2.41. The molecule has 2 heterocycles. The van der Waals surface area contributed by atoms with Crippen LogP contribution in [0.3, 0.4) is 0 Å². The van der Waals surface area contributed by atoms with Crippen LogP contribution in [-0.4, -0.2) is 46.8 Å². The first kappa shape index (κ1) is 21.2. The molecule has 1 aliphatic carbocycles. The van der Waals surface area contributed by atoms with Gasteiger partial charge in [-0.25, -0.2) is 19.6 Å². The standard InChI is InChI=1S/C22H24ClN5O3/c1-14(2)31-21(29)28-7-6-22(10-15(22)11-28)12-30-20-9-19(25-13-26-20)27-18-5-4-16(24-3)8-17(18)23/h4-5,8-9,13-15H,6-7,10-12H2,1-2H3,(H,25,26,27). The minimum atomic E-state index is -0.231. The zero-order chi connectivity index (χ0) is 22.0. The number of carbonyl (C=O) groups excluding carboxylic acids is 1. The van der Waals surface area contributed by atoms with Gasteiger partial charge in [0.2, 0.25) is 5.88 Å². The van der Waals surface area contributed by atoms with Crippen molar-refractivity contribution in [2.24, 2.45) is 11.3 Å². The fourth-order valence-corrected chi connectivity index (χ4v) is 4.14. The summed E-state index contributed by atoms with van der Waals surface area (Å²) < 4.78 is 11.3. The molecule has 4 rings (SSSR count). The van der Waals surface area contributed by atoms with Crippen molar-refractivity contribution in [1.29, 1.82) is 0 Å². The molecule has 1 aromatic heterocycles. The van der Waals surface area contributed by atoms with Crippen LogP contribution in [0.2, 0.25) is 5.02 Å². The van der Waals surface area contributed by atoms with E-state index in [0.717, 1.165) is 12.8 Å². The maximum absolute atomic E-state index is 12.1. The van der Waals surface area contributed by atoms with Gasteiger partial charge >= 0.3 is 6.09 Å². The van der Waals surface area contributed by atoms with E-state index in [1.165, 1.54) is 6.33 Å². The first-order valence-corrected chi connectivity index (χ1v) is 10.6. The van der Waals surface area contributed by atoms with Gasteiger partial charge in [-0.1, -0.05) is 17.7 Å². The maximum Gasteiger partial charge on any atom is 0.410 e. The van der Waals surface area contributed by atoms with Gasteiger partial charge in [-0.2, -0.15) is 0 Å². The van der Waals surface area contributed by atoms with Gasteiger partial charge in [-0.15, -0.1) is 0 Å². The Hall–Kier alpha value is -3.05. The minimum absolute atomic E-state index is 0.103. The molecule has 2 aliphatic rings. The summed E-state index contributed by atoms with van der Waals surface area (Å²) in [6.07, 6.45) is 3.03. The van der Waals surface area contributed by atoms with Crippen molar-refractivity contribution in [3.8, 4) is 5.88 Å². The van der Waals surface area contributed by atoms with Crippen molar-refractivity contribution >= 4 is 34.9 Å². The summed E-state index contributed by atoms with van der Waals surface area (Å²) in [5.74, 6) is 1.46. The molecule has 1 aromatic carbocycles. The van der Waals surface area contributed by atoms with Gasteiger partial charge < -0.3 is 19.7 Å². The van der Waals surface area contributed by atoms with Crippen LogP contribution in [0.1, 0.15) is 26.7 Å². The Balaban J connectivity index is 1.33. The average molecular weight is 442 g/mol. The molecule has 9 heteroatoms. The van der Waals surface area contributed by atoms with Crippen LogP contribution in [0.4, 0.5) is 22.0 Å². The highest BCUT2D eigenvalue weighted by Crippen LogP contribution is 2.58. The van der Waals surface area contributed by atoms with Gasteiger partial charge in [0.15, 0.2) is 5.69 Å². The van der Waals surface area contributed by atoms with Crippen molar-refractivity contribution in [3.63, 3.8) is 0 Å². The number of amides is 1. The summed E-state index contributed by atoms with van der Waals surface area (Å²) in [5, 5.41) is 3.57. The normalized spacial score (nSPS) is 21.8. The van der Waals surface area contributed by atoms with E-state index in [2.05, 4.69) is 20.1 Å². The molecule has 1 saturated carbocycles. The molecular formula is C22H24ClN5O3. The number of nitrogens with zero attached hydrogens (tertiary/aromatic N) is 4. The molecule has 2 aromatic rings. The number of carbonyl (C=O) groups is 1. The minimum Gasteiger partial charge on any atom is -0.477 e. The summed E-state index contributed by atoms with van der Waals surface area (Å²) in [6.45, 7) is 12.7. The third kappa shape index (κ3) is 4.83. The number of hydrogen-bond acceptors (Lipinski definition) is 6.